The molecule has 0 unspecified atom stereocenters. The number of hydrogen-bond acceptors (Lipinski definition) is 6. The van der Waals surface area contributed by atoms with Crippen LogP contribution in [0.4, 0.5) is 5.82 Å². The zero-order valence-electron chi connectivity index (χ0n) is 14.6. The molecule has 9 heteroatoms. The van der Waals surface area contributed by atoms with E-state index in [2.05, 4.69) is 25.4 Å². The molecule has 0 aliphatic rings. The van der Waals surface area contributed by atoms with Crippen LogP contribution in [0, 0.1) is 13.8 Å². The van der Waals surface area contributed by atoms with Crippen LogP contribution in [0.5, 0.6) is 0 Å². The van der Waals surface area contributed by atoms with Crippen LogP contribution in [0.25, 0.3) is 5.82 Å². The lowest BCUT2D eigenvalue weighted by atomic mass is 10.2. The SMILES string of the molecule is CCOC(=O)c1ncc(NC(=O)c2ccc(-n3nc(C)cc3C)nc2)[nH]1. The van der Waals surface area contributed by atoms with E-state index in [-0.39, 0.29) is 18.3 Å². The Balaban J connectivity index is 1.71. The molecule has 0 radical (unpaired) electrons. The highest BCUT2D eigenvalue weighted by atomic mass is 16.5. The topological polar surface area (TPSA) is 115 Å². The third-order valence-electron chi connectivity index (χ3n) is 3.53. The van der Waals surface area contributed by atoms with Crippen LogP contribution in [-0.2, 0) is 4.74 Å². The molecule has 0 spiro atoms. The van der Waals surface area contributed by atoms with Crippen LogP contribution in [0.3, 0.4) is 0 Å². The number of rotatable bonds is 5. The van der Waals surface area contributed by atoms with Crippen molar-refractivity contribution >= 4 is 17.7 Å². The molecule has 0 saturated heterocycles. The average molecular weight is 354 g/mol. The summed E-state index contributed by atoms with van der Waals surface area (Å²) < 4.78 is 6.54. The van der Waals surface area contributed by atoms with Crippen molar-refractivity contribution < 1.29 is 14.3 Å². The van der Waals surface area contributed by atoms with Gasteiger partial charge in [0.05, 0.1) is 24.1 Å². The number of aromatic amines is 1. The molecule has 3 aromatic heterocycles. The molecule has 0 bridgehead atoms. The standard InChI is InChI=1S/C17H18N6O3/c1-4-26-17(25)15-19-9-13(20-15)21-16(24)12-5-6-14(18-8-12)23-11(3)7-10(2)22-23/h5-9H,4H2,1-3H3,(H,19,20)(H,21,24). The van der Waals surface area contributed by atoms with Gasteiger partial charge >= 0.3 is 5.97 Å². The molecular weight excluding hydrogens is 336 g/mol. The van der Waals surface area contributed by atoms with Crippen molar-refractivity contribution in [1.82, 2.24) is 24.7 Å². The van der Waals surface area contributed by atoms with Gasteiger partial charge in [-0.2, -0.15) is 5.10 Å². The highest BCUT2D eigenvalue weighted by Crippen LogP contribution is 2.12. The van der Waals surface area contributed by atoms with E-state index in [9.17, 15) is 9.59 Å². The van der Waals surface area contributed by atoms with E-state index in [1.54, 1.807) is 23.7 Å². The first-order chi connectivity index (χ1) is 12.5. The Kier molecular flexibility index (Phi) is 4.78. The lowest BCUT2D eigenvalue weighted by molar-refractivity contribution is 0.0513. The third-order valence-corrected chi connectivity index (χ3v) is 3.53. The number of imidazole rings is 1. The van der Waals surface area contributed by atoms with E-state index in [1.807, 2.05) is 19.9 Å². The number of aromatic nitrogens is 5. The van der Waals surface area contributed by atoms with E-state index in [1.165, 1.54) is 12.4 Å². The Morgan fingerprint density at radius 2 is 2.04 bits per heavy atom. The quantitative estimate of drug-likeness (QED) is 0.678. The highest BCUT2D eigenvalue weighted by Gasteiger charge is 2.14. The Bertz CT molecular complexity index is 942. The molecule has 3 heterocycles. The summed E-state index contributed by atoms with van der Waals surface area (Å²) in [7, 11) is 0. The number of carbonyl (C=O) groups excluding carboxylic acids is 2. The summed E-state index contributed by atoms with van der Waals surface area (Å²) in [5.41, 5.74) is 2.21. The monoisotopic (exact) mass is 354 g/mol. The van der Waals surface area contributed by atoms with Crippen LogP contribution in [0.2, 0.25) is 0 Å². The van der Waals surface area contributed by atoms with E-state index in [0.717, 1.165) is 11.4 Å². The molecule has 0 fully saturated rings. The van der Waals surface area contributed by atoms with Gasteiger partial charge in [-0.3, -0.25) is 4.79 Å². The third kappa shape index (κ3) is 3.61. The summed E-state index contributed by atoms with van der Waals surface area (Å²) in [6.07, 6.45) is 2.81. The molecule has 9 nitrogen and oxygen atoms in total. The smallest absolute Gasteiger partial charge is 0.374 e. The molecular formula is C17H18N6O3. The molecule has 0 aliphatic carbocycles. The van der Waals surface area contributed by atoms with Gasteiger partial charge in [0.2, 0.25) is 5.82 Å². The van der Waals surface area contributed by atoms with Crippen LogP contribution >= 0.6 is 0 Å². The van der Waals surface area contributed by atoms with Gasteiger partial charge in [0.15, 0.2) is 5.82 Å². The number of H-pyrrole nitrogens is 1. The van der Waals surface area contributed by atoms with E-state index >= 15 is 0 Å². The Morgan fingerprint density at radius 3 is 2.65 bits per heavy atom. The zero-order chi connectivity index (χ0) is 18.7. The summed E-state index contributed by atoms with van der Waals surface area (Å²) in [6, 6.07) is 5.31. The summed E-state index contributed by atoms with van der Waals surface area (Å²) in [4.78, 5) is 34.7. The predicted octanol–water partition coefficient (Wildman–Crippen LogP) is 2.04. The summed E-state index contributed by atoms with van der Waals surface area (Å²) in [5, 5.41) is 6.98. The first-order valence-electron chi connectivity index (χ1n) is 8.01. The maximum absolute atomic E-state index is 12.3. The minimum atomic E-state index is -0.580. The van der Waals surface area contributed by atoms with Crippen molar-refractivity contribution in [3.8, 4) is 5.82 Å². The lowest BCUT2D eigenvalue weighted by Gasteiger charge is -2.05. The van der Waals surface area contributed by atoms with Crippen molar-refractivity contribution in [1.29, 1.82) is 0 Å². The van der Waals surface area contributed by atoms with Crippen LogP contribution in [-0.4, -0.2) is 43.2 Å². The largest absolute Gasteiger partial charge is 0.460 e. The number of ether oxygens (including phenoxy) is 1. The van der Waals surface area contributed by atoms with E-state index in [0.29, 0.717) is 17.2 Å². The molecule has 0 aromatic carbocycles. The van der Waals surface area contributed by atoms with Gasteiger partial charge in [0, 0.05) is 11.9 Å². The molecule has 0 aliphatic heterocycles. The second-order valence-corrected chi connectivity index (χ2v) is 5.56. The minimum absolute atomic E-state index is 0.0279. The van der Waals surface area contributed by atoms with Crippen molar-refractivity contribution in [3.63, 3.8) is 0 Å². The maximum Gasteiger partial charge on any atom is 0.374 e. The summed E-state index contributed by atoms with van der Waals surface area (Å²) in [5.74, 6) is -0.0144. The number of aryl methyl sites for hydroxylation is 2. The Morgan fingerprint density at radius 1 is 1.23 bits per heavy atom. The van der Waals surface area contributed by atoms with Crippen molar-refractivity contribution in [3.05, 3.63) is 53.4 Å². The van der Waals surface area contributed by atoms with Crippen molar-refractivity contribution in [2.75, 3.05) is 11.9 Å². The fourth-order valence-electron chi connectivity index (χ4n) is 2.39. The fraction of sp³-hybridized carbons (Fsp3) is 0.235. The molecule has 2 N–H and O–H groups in total. The van der Waals surface area contributed by atoms with Crippen molar-refractivity contribution in [2.24, 2.45) is 0 Å². The first-order valence-corrected chi connectivity index (χ1v) is 8.01. The van der Waals surface area contributed by atoms with Crippen LogP contribution < -0.4 is 5.32 Å². The average Bonchev–Trinajstić information content (AvgIpc) is 3.21. The zero-order valence-corrected chi connectivity index (χ0v) is 14.6. The number of nitrogens with zero attached hydrogens (tertiary/aromatic N) is 4. The van der Waals surface area contributed by atoms with Gasteiger partial charge in [0.25, 0.3) is 5.91 Å². The number of esters is 1. The molecule has 134 valence electrons. The second-order valence-electron chi connectivity index (χ2n) is 5.56. The predicted molar refractivity (Wildman–Crippen MR) is 93.3 cm³/mol. The lowest BCUT2D eigenvalue weighted by Crippen LogP contribution is -2.13. The van der Waals surface area contributed by atoms with Gasteiger partial charge in [-0.05, 0) is 39.0 Å². The molecule has 3 rings (SSSR count). The molecule has 0 saturated carbocycles. The van der Waals surface area contributed by atoms with Gasteiger partial charge in [0.1, 0.15) is 5.82 Å². The number of pyridine rings is 1. The molecule has 3 aromatic rings. The Hall–Kier alpha value is -3.49. The number of amides is 1. The van der Waals surface area contributed by atoms with Crippen molar-refractivity contribution in [2.45, 2.75) is 20.8 Å². The van der Waals surface area contributed by atoms with Gasteiger partial charge in [-0.25, -0.2) is 19.4 Å². The number of nitrogens with one attached hydrogen (secondary N) is 2. The second kappa shape index (κ2) is 7.18. The number of hydrogen-bond donors (Lipinski definition) is 2. The van der Waals surface area contributed by atoms with Gasteiger partial charge < -0.3 is 15.0 Å². The molecule has 0 atom stereocenters. The first kappa shape index (κ1) is 17.3. The summed E-state index contributed by atoms with van der Waals surface area (Å²) in [6.45, 7) is 5.78. The maximum atomic E-state index is 12.3. The van der Waals surface area contributed by atoms with Crippen LogP contribution in [0.15, 0.2) is 30.6 Å². The molecule has 26 heavy (non-hydrogen) atoms. The van der Waals surface area contributed by atoms with E-state index < -0.39 is 5.97 Å². The normalized spacial score (nSPS) is 10.6. The van der Waals surface area contributed by atoms with Gasteiger partial charge in [-0.15, -0.1) is 0 Å². The number of anilines is 1. The summed E-state index contributed by atoms with van der Waals surface area (Å²) >= 11 is 0. The van der Waals surface area contributed by atoms with Crippen LogP contribution in [0.1, 0.15) is 39.3 Å². The Labute approximate surface area is 149 Å². The van der Waals surface area contributed by atoms with Gasteiger partial charge in [-0.1, -0.05) is 0 Å². The fourth-order valence-corrected chi connectivity index (χ4v) is 2.39. The minimum Gasteiger partial charge on any atom is -0.460 e. The molecule has 1 amide bonds. The highest BCUT2D eigenvalue weighted by molar-refractivity contribution is 6.03. The number of carbonyl (C=O) groups is 2. The van der Waals surface area contributed by atoms with E-state index in [4.69, 9.17) is 4.74 Å².